The first-order valence-electron chi connectivity index (χ1n) is 7.09. The number of nitrogens with one attached hydrogen (secondary N) is 2. The first-order valence-corrected chi connectivity index (χ1v) is 7.91. The quantitative estimate of drug-likeness (QED) is 0.905. The Hall–Kier alpha value is -1.95. The zero-order valence-electron chi connectivity index (χ0n) is 11.9. The summed E-state index contributed by atoms with van der Waals surface area (Å²) in [6.45, 7) is 0. The fraction of sp³-hybridized carbons (Fsp3) is 0.400. The lowest BCUT2D eigenvalue weighted by Gasteiger charge is -2.16. The molecule has 2 N–H and O–H groups in total. The van der Waals surface area contributed by atoms with Gasteiger partial charge in [0.15, 0.2) is 0 Å². The lowest BCUT2D eigenvalue weighted by Crippen LogP contribution is -2.22. The average Bonchev–Trinajstić information content (AvgIpc) is 2.98. The van der Waals surface area contributed by atoms with Crippen LogP contribution in [0.4, 0.5) is 0 Å². The molecule has 0 aliphatic heterocycles. The Morgan fingerprint density at radius 3 is 2.86 bits per heavy atom. The van der Waals surface area contributed by atoms with Gasteiger partial charge in [-0.2, -0.15) is 5.10 Å². The Morgan fingerprint density at radius 1 is 1.33 bits per heavy atom. The van der Waals surface area contributed by atoms with E-state index in [4.69, 9.17) is 0 Å². The summed E-state index contributed by atoms with van der Waals surface area (Å²) in [6.07, 6.45) is 4.61. The second-order valence-corrected chi connectivity index (χ2v) is 6.35. The number of carbonyl (C=O) groups is 1. The van der Waals surface area contributed by atoms with Crippen molar-refractivity contribution in [2.75, 3.05) is 7.05 Å². The number of hydrogen-bond donors (Lipinski definition) is 2. The molecule has 0 unspecified atom stereocenters. The molecule has 0 spiro atoms. The van der Waals surface area contributed by atoms with Crippen LogP contribution in [0.5, 0.6) is 0 Å². The molecule has 0 aromatic carbocycles. The summed E-state index contributed by atoms with van der Waals surface area (Å²) < 4.78 is 0. The van der Waals surface area contributed by atoms with E-state index < -0.39 is 0 Å². The highest BCUT2D eigenvalue weighted by atomic mass is 32.1. The van der Waals surface area contributed by atoms with E-state index in [1.54, 1.807) is 7.05 Å². The normalized spacial score (nSPS) is 13.8. The lowest BCUT2D eigenvalue weighted by molar-refractivity contribution is 0.0967. The molecule has 3 rings (SSSR count). The molecule has 2 aromatic rings. The zero-order valence-corrected chi connectivity index (χ0v) is 12.7. The van der Waals surface area contributed by atoms with Crippen molar-refractivity contribution < 1.29 is 4.79 Å². The van der Waals surface area contributed by atoms with E-state index in [1.165, 1.54) is 11.3 Å². The number of H-pyrrole nitrogens is 1. The fourth-order valence-corrected chi connectivity index (χ4v) is 3.72. The van der Waals surface area contributed by atoms with Gasteiger partial charge in [0.05, 0.1) is 10.6 Å². The predicted octanol–water partition coefficient (Wildman–Crippen LogP) is 1.66. The van der Waals surface area contributed by atoms with E-state index >= 15 is 0 Å². The summed E-state index contributed by atoms with van der Waals surface area (Å²) in [7, 11) is 1.63. The number of hydrogen-bond acceptors (Lipinski definition) is 4. The van der Waals surface area contributed by atoms with Gasteiger partial charge in [-0.05, 0) is 43.4 Å². The molecule has 1 aliphatic rings. The summed E-state index contributed by atoms with van der Waals surface area (Å²) in [6, 6.07) is 3.79. The summed E-state index contributed by atoms with van der Waals surface area (Å²) >= 11 is 1.47. The Kier molecular flexibility index (Phi) is 3.88. The van der Waals surface area contributed by atoms with E-state index in [2.05, 4.69) is 15.5 Å². The van der Waals surface area contributed by atoms with Crippen LogP contribution < -0.4 is 10.9 Å². The van der Waals surface area contributed by atoms with E-state index in [0.717, 1.165) is 47.4 Å². The minimum absolute atomic E-state index is 0.0503. The molecule has 6 heteroatoms. The Bertz CT molecular complexity index is 733. The van der Waals surface area contributed by atoms with Crippen LogP contribution in [-0.4, -0.2) is 23.2 Å². The largest absolute Gasteiger partial charge is 0.354 e. The highest BCUT2D eigenvalue weighted by molar-refractivity contribution is 7.14. The van der Waals surface area contributed by atoms with Gasteiger partial charge in [-0.3, -0.25) is 9.59 Å². The molecule has 1 amide bonds. The average molecular weight is 303 g/mol. The molecule has 0 saturated carbocycles. The number of aromatic amines is 1. The van der Waals surface area contributed by atoms with Crippen LogP contribution in [0.15, 0.2) is 16.9 Å². The minimum Gasteiger partial charge on any atom is -0.354 e. The summed E-state index contributed by atoms with van der Waals surface area (Å²) in [5.74, 6) is -0.0669. The molecular weight excluding hydrogens is 286 g/mol. The maximum Gasteiger partial charge on any atom is 0.267 e. The molecule has 110 valence electrons. The van der Waals surface area contributed by atoms with Gasteiger partial charge in [0, 0.05) is 23.9 Å². The van der Waals surface area contributed by atoms with Crippen LogP contribution in [0.25, 0.3) is 0 Å². The SMILES string of the molecule is CNC(=O)c1ccc(Cc2n[nH]c(=O)c3c2CCCC3)s1. The Labute approximate surface area is 126 Å². The van der Waals surface area contributed by atoms with E-state index in [9.17, 15) is 9.59 Å². The number of aromatic nitrogens is 2. The molecule has 0 fully saturated rings. The third kappa shape index (κ3) is 2.76. The second kappa shape index (κ2) is 5.81. The van der Waals surface area contributed by atoms with Crippen molar-refractivity contribution in [1.82, 2.24) is 15.5 Å². The fourth-order valence-electron chi connectivity index (χ4n) is 2.76. The predicted molar refractivity (Wildman–Crippen MR) is 82.0 cm³/mol. The number of nitrogens with zero attached hydrogens (tertiary/aromatic N) is 1. The van der Waals surface area contributed by atoms with Crippen molar-refractivity contribution in [2.45, 2.75) is 32.1 Å². The van der Waals surface area contributed by atoms with Crippen molar-refractivity contribution in [3.05, 3.63) is 49.1 Å². The first-order chi connectivity index (χ1) is 10.2. The number of fused-ring (bicyclic) bond motifs is 1. The first kappa shape index (κ1) is 14.0. The van der Waals surface area contributed by atoms with Gasteiger partial charge in [-0.1, -0.05) is 0 Å². The molecule has 2 aromatic heterocycles. The third-order valence-electron chi connectivity index (χ3n) is 3.84. The van der Waals surface area contributed by atoms with Crippen LogP contribution in [0.2, 0.25) is 0 Å². The lowest BCUT2D eigenvalue weighted by atomic mass is 9.91. The van der Waals surface area contributed by atoms with Gasteiger partial charge < -0.3 is 5.32 Å². The Morgan fingerprint density at radius 2 is 2.10 bits per heavy atom. The molecule has 0 atom stereocenters. The van der Waals surface area contributed by atoms with E-state index in [0.29, 0.717) is 11.3 Å². The van der Waals surface area contributed by atoms with Gasteiger partial charge >= 0.3 is 0 Å². The van der Waals surface area contributed by atoms with Gasteiger partial charge in [0.25, 0.3) is 11.5 Å². The molecule has 0 radical (unpaired) electrons. The van der Waals surface area contributed by atoms with E-state index in [-0.39, 0.29) is 11.5 Å². The van der Waals surface area contributed by atoms with Crippen LogP contribution in [0.3, 0.4) is 0 Å². The second-order valence-electron chi connectivity index (χ2n) is 5.19. The van der Waals surface area contributed by atoms with Gasteiger partial charge in [-0.15, -0.1) is 11.3 Å². The van der Waals surface area contributed by atoms with Crippen LogP contribution in [0.1, 0.15) is 44.2 Å². The monoisotopic (exact) mass is 303 g/mol. The third-order valence-corrected chi connectivity index (χ3v) is 4.92. The van der Waals surface area contributed by atoms with E-state index in [1.807, 2.05) is 12.1 Å². The summed E-state index contributed by atoms with van der Waals surface area (Å²) in [5.41, 5.74) is 2.90. The standard InChI is InChI=1S/C15H17N3O2S/c1-16-15(20)13-7-6-9(21-13)8-12-10-4-2-3-5-11(10)14(19)18-17-12/h6-7H,2-5,8H2,1H3,(H,16,20)(H,18,19). The van der Waals surface area contributed by atoms with Crippen molar-refractivity contribution in [1.29, 1.82) is 0 Å². The molecule has 1 aliphatic carbocycles. The van der Waals surface area contributed by atoms with Crippen molar-refractivity contribution >= 4 is 17.2 Å². The molecule has 0 saturated heterocycles. The van der Waals surface area contributed by atoms with Gasteiger partial charge in [-0.25, -0.2) is 5.10 Å². The van der Waals surface area contributed by atoms with Crippen LogP contribution in [0, 0.1) is 0 Å². The molecule has 21 heavy (non-hydrogen) atoms. The number of thiophene rings is 1. The smallest absolute Gasteiger partial charge is 0.267 e. The molecule has 0 bridgehead atoms. The number of rotatable bonds is 3. The number of carbonyl (C=O) groups excluding carboxylic acids is 1. The summed E-state index contributed by atoms with van der Waals surface area (Å²) in [5, 5.41) is 9.46. The molecular formula is C15H17N3O2S. The molecule has 5 nitrogen and oxygen atoms in total. The van der Waals surface area contributed by atoms with Gasteiger partial charge in [0.1, 0.15) is 0 Å². The van der Waals surface area contributed by atoms with Crippen LogP contribution >= 0.6 is 11.3 Å². The van der Waals surface area contributed by atoms with Crippen molar-refractivity contribution in [2.24, 2.45) is 0 Å². The summed E-state index contributed by atoms with van der Waals surface area (Å²) in [4.78, 5) is 25.2. The maximum absolute atomic E-state index is 11.8. The molecule has 2 heterocycles. The number of amides is 1. The van der Waals surface area contributed by atoms with Crippen molar-refractivity contribution in [3.63, 3.8) is 0 Å². The maximum atomic E-state index is 11.8. The highest BCUT2D eigenvalue weighted by Gasteiger charge is 2.18. The zero-order chi connectivity index (χ0) is 14.8. The minimum atomic E-state index is -0.0669. The Balaban J connectivity index is 1.90. The van der Waals surface area contributed by atoms with Crippen molar-refractivity contribution in [3.8, 4) is 0 Å². The van der Waals surface area contributed by atoms with Crippen LogP contribution in [-0.2, 0) is 19.3 Å². The highest BCUT2D eigenvalue weighted by Crippen LogP contribution is 2.24. The van der Waals surface area contributed by atoms with Gasteiger partial charge in [0.2, 0.25) is 0 Å². The topological polar surface area (TPSA) is 74.8 Å².